The van der Waals surface area contributed by atoms with Crippen LogP contribution in [-0.2, 0) is 18.4 Å². The molecule has 1 aliphatic heterocycles. The van der Waals surface area contributed by atoms with Crippen molar-refractivity contribution in [3.05, 3.63) is 60.7 Å². The first-order chi connectivity index (χ1) is 18.1. The van der Waals surface area contributed by atoms with Crippen LogP contribution < -0.4 is 10.4 Å². The van der Waals surface area contributed by atoms with Crippen LogP contribution in [0, 0.1) is 5.92 Å². The highest BCUT2D eigenvalue weighted by atomic mass is 28.4. The van der Waals surface area contributed by atoms with Gasteiger partial charge in [0.25, 0.3) is 8.32 Å². The lowest BCUT2D eigenvalue weighted by atomic mass is 9.98. The molecule has 0 saturated carbocycles. The molecule has 2 aromatic carbocycles. The number of ether oxygens (including phenoxy) is 1. The maximum absolute atomic E-state index is 11.1. The predicted molar refractivity (Wildman–Crippen MR) is 163 cm³/mol. The molecule has 6 heteroatoms. The van der Waals surface area contributed by atoms with Crippen LogP contribution in [0.25, 0.3) is 0 Å². The number of rotatable bonds is 14. The van der Waals surface area contributed by atoms with E-state index in [1.165, 1.54) is 10.4 Å². The topological polar surface area (TPSA) is 44.8 Å². The second-order valence-corrected chi connectivity index (χ2v) is 21.2. The van der Waals surface area contributed by atoms with Crippen molar-refractivity contribution >= 4 is 33.3 Å². The smallest absolute Gasteiger partial charge is 0.261 e. The van der Waals surface area contributed by atoms with E-state index >= 15 is 0 Å². The monoisotopic (exact) mass is 554 g/mol. The third kappa shape index (κ3) is 6.94. The number of carbonyl (C=O) groups excluding carboxylic acids is 1. The molecule has 1 saturated heterocycles. The van der Waals surface area contributed by atoms with Crippen molar-refractivity contribution in [1.82, 2.24) is 0 Å². The highest BCUT2D eigenvalue weighted by Crippen LogP contribution is 2.39. The van der Waals surface area contributed by atoms with Gasteiger partial charge in [-0.2, -0.15) is 0 Å². The van der Waals surface area contributed by atoms with E-state index in [-0.39, 0.29) is 23.4 Å². The van der Waals surface area contributed by atoms with Gasteiger partial charge in [0.15, 0.2) is 8.32 Å². The summed E-state index contributed by atoms with van der Waals surface area (Å²) >= 11 is 0. The highest BCUT2D eigenvalue weighted by molar-refractivity contribution is 6.99. The van der Waals surface area contributed by atoms with Gasteiger partial charge in [-0.25, -0.2) is 0 Å². The molecule has 0 spiro atoms. The zero-order chi connectivity index (χ0) is 27.8. The van der Waals surface area contributed by atoms with Crippen molar-refractivity contribution in [3.8, 4) is 0 Å². The lowest BCUT2D eigenvalue weighted by Gasteiger charge is -2.44. The summed E-state index contributed by atoms with van der Waals surface area (Å²) in [5.74, 6) is 0.306. The van der Waals surface area contributed by atoms with E-state index < -0.39 is 16.6 Å². The van der Waals surface area contributed by atoms with Gasteiger partial charge in [0, 0.05) is 12.8 Å². The molecule has 0 radical (unpaired) electrons. The molecule has 2 aromatic rings. The second kappa shape index (κ2) is 13.7. The van der Waals surface area contributed by atoms with Crippen LogP contribution in [-0.4, -0.2) is 47.8 Å². The molecule has 0 amide bonds. The standard InChI is InChI=1S/C32H50O4Si2/c1-8-37(9-2,10-3)36-30-24-27(23-26(4)21-22-33)35-31(30)25-34-38(32(5,6)7,28-17-13-11-14-18-28)29-19-15-12-16-20-29/h11-20,22,26-27,30-31H,8-10,21,23-25H2,1-7H3/t26-,27-,30+,31-/m1/s1. The minimum absolute atomic E-state index is 0.0353. The Labute approximate surface area is 233 Å². The largest absolute Gasteiger partial charge is 0.411 e. The molecule has 1 aliphatic rings. The Bertz CT molecular complexity index is 924. The first kappa shape index (κ1) is 31.0. The van der Waals surface area contributed by atoms with E-state index in [4.69, 9.17) is 13.6 Å². The van der Waals surface area contributed by atoms with Gasteiger partial charge < -0.3 is 18.4 Å². The summed E-state index contributed by atoms with van der Waals surface area (Å²) in [5, 5.41) is 2.48. The fourth-order valence-corrected chi connectivity index (χ4v) is 13.7. The van der Waals surface area contributed by atoms with E-state index in [2.05, 4.69) is 109 Å². The molecular weight excluding hydrogens is 505 g/mol. The Morgan fingerprint density at radius 2 is 1.47 bits per heavy atom. The van der Waals surface area contributed by atoms with Gasteiger partial charge in [0.05, 0.1) is 18.8 Å². The molecule has 1 heterocycles. The SMILES string of the molecule is CC[Si](CC)(CC)O[C@H]1C[C@@H](C[C@H](C)CC=O)O[C@@H]1CO[Si](c1ccccc1)(c1ccccc1)C(C)(C)C. The third-order valence-electron chi connectivity index (χ3n) is 8.66. The van der Waals surface area contributed by atoms with E-state index in [1.807, 2.05) is 0 Å². The van der Waals surface area contributed by atoms with Crippen molar-refractivity contribution < 1.29 is 18.4 Å². The summed E-state index contributed by atoms with van der Waals surface area (Å²) in [4.78, 5) is 11.1. The molecule has 210 valence electrons. The Morgan fingerprint density at radius 3 is 1.92 bits per heavy atom. The summed E-state index contributed by atoms with van der Waals surface area (Å²) in [5.41, 5.74) is 0. The number of carbonyl (C=O) groups is 1. The van der Waals surface area contributed by atoms with Crippen molar-refractivity contribution in [2.45, 2.75) is 109 Å². The fourth-order valence-electron chi connectivity index (χ4n) is 6.22. The minimum atomic E-state index is -2.67. The molecule has 0 N–H and O–H groups in total. The maximum Gasteiger partial charge on any atom is 0.261 e. The first-order valence-electron chi connectivity index (χ1n) is 14.7. The Morgan fingerprint density at radius 1 is 0.947 bits per heavy atom. The lowest BCUT2D eigenvalue weighted by molar-refractivity contribution is -0.108. The average Bonchev–Trinajstić information content (AvgIpc) is 3.28. The van der Waals surface area contributed by atoms with Gasteiger partial charge in [0.1, 0.15) is 12.4 Å². The molecule has 1 fully saturated rings. The summed E-state index contributed by atoms with van der Waals surface area (Å²) in [6.07, 6.45) is 3.39. The van der Waals surface area contributed by atoms with E-state index in [0.717, 1.165) is 37.3 Å². The van der Waals surface area contributed by atoms with Crippen molar-refractivity contribution in [2.75, 3.05) is 6.61 Å². The van der Waals surface area contributed by atoms with Gasteiger partial charge in [-0.15, -0.1) is 0 Å². The maximum atomic E-state index is 11.1. The van der Waals surface area contributed by atoms with Crippen molar-refractivity contribution in [2.24, 2.45) is 5.92 Å². The van der Waals surface area contributed by atoms with Gasteiger partial charge in [-0.1, -0.05) is 109 Å². The van der Waals surface area contributed by atoms with Crippen LogP contribution in [0.5, 0.6) is 0 Å². The number of benzene rings is 2. The summed E-state index contributed by atoms with van der Waals surface area (Å²) in [7, 11) is -4.50. The summed E-state index contributed by atoms with van der Waals surface area (Å²) in [6, 6.07) is 25.0. The Hall–Kier alpha value is -1.58. The van der Waals surface area contributed by atoms with Crippen molar-refractivity contribution in [3.63, 3.8) is 0 Å². The fraction of sp³-hybridized carbons (Fsp3) is 0.594. The van der Waals surface area contributed by atoms with E-state index in [9.17, 15) is 4.79 Å². The van der Waals surface area contributed by atoms with Crippen LogP contribution in [0.2, 0.25) is 23.2 Å². The highest BCUT2D eigenvalue weighted by Gasteiger charge is 2.51. The molecule has 3 rings (SSSR count). The molecular formula is C32H50O4Si2. The van der Waals surface area contributed by atoms with E-state index in [1.54, 1.807) is 0 Å². The normalized spacial score (nSPS) is 21.4. The molecule has 4 atom stereocenters. The average molecular weight is 555 g/mol. The lowest BCUT2D eigenvalue weighted by Crippen LogP contribution is -2.67. The summed E-state index contributed by atoms with van der Waals surface area (Å²) < 4.78 is 21.1. The van der Waals surface area contributed by atoms with Crippen molar-refractivity contribution in [1.29, 1.82) is 0 Å². The Kier molecular flexibility index (Phi) is 11.1. The molecule has 38 heavy (non-hydrogen) atoms. The quantitative estimate of drug-likeness (QED) is 0.192. The van der Waals surface area contributed by atoms with Gasteiger partial charge in [-0.3, -0.25) is 0 Å². The van der Waals surface area contributed by atoms with Crippen LogP contribution >= 0.6 is 0 Å². The predicted octanol–water partition coefficient (Wildman–Crippen LogP) is 6.73. The van der Waals surface area contributed by atoms with Gasteiger partial charge in [0.2, 0.25) is 0 Å². The molecule has 0 bridgehead atoms. The second-order valence-electron chi connectivity index (χ2n) is 12.1. The van der Waals surface area contributed by atoms with Gasteiger partial charge >= 0.3 is 0 Å². The van der Waals surface area contributed by atoms with Crippen LogP contribution in [0.3, 0.4) is 0 Å². The zero-order valence-electron chi connectivity index (χ0n) is 24.7. The molecule has 0 aliphatic carbocycles. The van der Waals surface area contributed by atoms with Crippen LogP contribution in [0.1, 0.15) is 67.7 Å². The van der Waals surface area contributed by atoms with E-state index in [0.29, 0.717) is 18.9 Å². The third-order valence-corrected chi connectivity index (χ3v) is 18.3. The summed E-state index contributed by atoms with van der Waals surface area (Å²) in [6.45, 7) is 16.5. The number of aldehydes is 1. The number of hydrogen-bond acceptors (Lipinski definition) is 4. The minimum Gasteiger partial charge on any atom is -0.411 e. The first-order valence-corrected chi connectivity index (χ1v) is 19.1. The molecule has 0 aromatic heterocycles. The molecule has 0 unspecified atom stereocenters. The van der Waals surface area contributed by atoms with Crippen LogP contribution in [0.15, 0.2) is 60.7 Å². The van der Waals surface area contributed by atoms with Crippen LogP contribution in [0.4, 0.5) is 0 Å². The number of hydrogen-bond donors (Lipinski definition) is 0. The van der Waals surface area contributed by atoms with Gasteiger partial charge in [-0.05, 0) is 45.9 Å². The molecule has 4 nitrogen and oxygen atoms in total. The Balaban J connectivity index is 1.96. The zero-order valence-corrected chi connectivity index (χ0v) is 26.7.